The number of nitrogens with zero attached hydrogens (tertiary/aromatic N) is 1. The second-order valence-corrected chi connectivity index (χ2v) is 5.24. The minimum absolute atomic E-state index is 0.773. The molecule has 1 saturated carbocycles. The van der Waals surface area contributed by atoms with Crippen LogP contribution in [0.3, 0.4) is 0 Å². The fraction of sp³-hybridized carbons (Fsp3) is 0.412. The molecule has 0 unspecified atom stereocenters. The quantitative estimate of drug-likeness (QED) is 0.683. The average molecular weight is 256 g/mol. The number of hydrogen-bond donors (Lipinski definition) is 1. The molecule has 0 saturated heterocycles. The highest BCUT2D eigenvalue weighted by Gasteiger charge is 2.19. The van der Waals surface area contributed by atoms with Crippen LogP contribution in [-0.2, 0) is 13.1 Å². The molecule has 1 fully saturated rings. The van der Waals surface area contributed by atoms with Gasteiger partial charge in [-0.1, -0.05) is 36.4 Å². The zero-order chi connectivity index (χ0) is 13.5. The van der Waals surface area contributed by atoms with Crippen LogP contribution in [0.25, 0.3) is 0 Å². The first-order valence-corrected chi connectivity index (χ1v) is 7.07. The predicted octanol–water partition coefficient (Wildman–Crippen LogP) is 3.11. The molecule has 102 valence electrons. The van der Waals surface area contributed by atoms with E-state index in [9.17, 15) is 0 Å². The smallest absolute Gasteiger partial charge is 0.0240 e. The first-order valence-electron chi connectivity index (χ1n) is 7.07. The average Bonchev–Trinajstić information content (AvgIpc) is 3.23. The standard InChI is InChI=1S/C17H24N2/c1-3-11-19(12-4-2)14-16-7-5-15(6-8-16)13-18-17-9-10-17/h3-8,17-18H,1-2,9-14H2. The third-order valence-corrected chi connectivity index (χ3v) is 3.38. The molecule has 0 spiro atoms. The Morgan fingerprint density at radius 2 is 1.63 bits per heavy atom. The van der Waals surface area contributed by atoms with Crippen LogP contribution in [0.2, 0.25) is 0 Å². The Bertz CT molecular complexity index is 394. The number of benzene rings is 1. The Kier molecular flexibility index (Phi) is 5.37. The summed E-state index contributed by atoms with van der Waals surface area (Å²) in [5.41, 5.74) is 2.72. The Morgan fingerprint density at radius 1 is 1.05 bits per heavy atom. The van der Waals surface area contributed by atoms with Gasteiger partial charge < -0.3 is 5.32 Å². The second-order valence-electron chi connectivity index (χ2n) is 5.24. The van der Waals surface area contributed by atoms with Crippen LogP contribution in [0.4, 0.5) is 0 Å². The van der Waals surface area contributed by atoms with Crippen LogP contribution in [0, 0.1) is 0 Å². The van der Waals surface area contributed by atoms with Crippen molar-refractivity contribution in [1.29, 1.82) is 0 Å². The summed E-state index contributed by atoms with van der Waals surface area (Å²) in [7, 11) is 0. The molecule has 1 N–H and O–H groups in total. The zero-order valence-electron chi connectivity index (χ0n) is 11.6. The third kappa shape index (κ3) is 5.01. The van der Waals surface area contributed by atoms with Gasteiger partial charge in [0.15, 0.2) is 0 Å². The molecule has 2 nitrogen and oxygen atoms in total. The normalized spacial score (nSPS) is 14.6. The Morgan fingerprint density at radius 3 is 2.16 bits per heavy atom. The van der Waals surface area contributed by atoms with Gasteiger partial charge >= 0.3 is 0 Å². The third-order valence-electron chi connectivity index (χ3n) is 3.38. The minimum atomic E-state index is 0.773. The van der Waals surface area contributed by atoms with Gasteiger partial charge in [0.1, 0.15) is 0 Å². The van der Waals surface area contributed by atoms with Gasteiger partial charge in [-0.25, -0.2) is 0 Å². The van der Waals surface area contributed by atoms with Crippen LogP contribution in [-0.4, -0.2) is 24.0 Å². The molecule has 1 aromatic rings. The summed E-state index contributed by atoms with van der Waals surface area (Å²) in [4.78, 5) is 2.32. The highest BCUT2D eigenvalue weighted by Crippen LogP contribution is 2.19. The van der Waals surface area contributed by atoms with E-state index in [1.807, 2.05) is 12.2 Å². The van der Waals surface area contributed by atoms with Crippen molar-refractivity contribution in [3.05, 3.63) is 60.7 Å². The first-order chi connectivity index (χ1) is 9.31. The second kappa shape index (κ2) is 7.27. The largest absolute Gasteiger partial charge is 0.310 e. The molecule has 2 heteroatoms. The van der Waals surface area contributed by atoms with E-state index in [2.05, 4.69) is 47.6 Å². The molecule has 2 rings (SSSR count). The maximum absolute atomic E-state index is 3.80. The van der Waals surface area contributed by atoms with E-state index >= 15 is 0 Å². The molecule has 0 aromatic heterocycles. The van der Waals surface area contributed by atoms with Gasteiger partial charge in [-0.3, -0.25) is 4.90 Å². The lowest BCUT2D eigenvalue weighted by Crippen LogP contribution is -2.23. The minimum Gasteiger partial charge on any atom is -0.310 e. The maximum atomic E-state index is 3.80. The molecule has 0 atom stereocenters. The molecular weight excluding hydrogens is 232 g/mol. The van der Waals surface area contributed by atoms with Gasteiger partial charge in [0, 0.05) is 32.2 Å². The monoisotopic (exact) mass is 256 g/mol. The zero-order valence-corrected chi connectivity index (χ0v) is 11.6. The lowest BCUT2D eigenvalue weighted by molar-refractivity contribution is 0.328. The molecule has 1 aliphatic rings. The van der Waals surface area contributed by atoms with Gasteiger partial charge in [0.25, 0.3) is 0 Å². The van der Waals surface area contributed by atoms with Crippen molar-refractivity contribution in [3.63, 3.8) is 0 Å². The van der Waals surface area contributed by atoms with E-state index in [0.717, 1.165) is 32.2 Å². The van der Waals surface area contributed by atoms with Crippen molar-refractivity contribution in [1.82, 2.24) is 10.2 Å². The summed E-state index contributed by atoms with van der Waals surface area (Å²) >= 11 is 0. The van der Waals surface area contributed by atoms with Crippen LogP contribution >= 0.6 is 0 Å². The fourth-order valence-corrected chi connectivity index (χ4v) is 2.14. The van der Waals surface area contributed by atoms with E-state index in [4.69, 9.17) is 0 Å². The topological polar surface area (TPSA) is 15.3 Å². The summed E-state index contributed by atoms with van der Waals surface area (Å²) in [6.45, 7) is 11.3. The van der Waals surface area contributed by atoms with Gasteiger partial charge in [0.2, 0.25) is 0 Å². The molecule has 0 radical (unpaired) electrons. The van der Waals surface area contributed by atoms with Gasteiger partial charge in [0.05, 0.1) is 0 Å². The summed E-state index contributed by atoms with van der Waals surface area (Å²) in [6, 6.07) is 9.68. The number of nitrogens with one attached hydrogen (secondary N) is 1. The Hall–Kier alpha value is -1.38. The van der Waals surface area contributed by atoms with E-state index in [1.54, 1.807) is 0 Å². The summed E-state index contributed by atoms with van der Waals surface area (Å²) in [5.74, 6) is 0. The fourth-order valence-electron chi connectivity index (χ4n) is 2.14. The van der Waals surface area contributed by atoms with Gasteiger partial charge in [-0.15, -0.1) is 13.2 Å². The van der Waals surface area contributed by atoms with Gasteiger partial charge in [-0.2, -0.15) is 0 Å². The lowest BCUT2D eigenvalue weighted by atomic mass is 10.1. The van der Waals surface area contributed by atoms with Crippen LogP contribution in [0.1, 0.15) is 24.0 Å². The lowest BCUT2D eigenvalue weighted by Gasteiger charge is -2.18. The van der Waals surface area contributed by atoms with E-state index in [-0.39, 0.29) is 0 Å². The van der Waals surface area contributed by atoms with Crippen molar-refractivity contribution >= 4 is 0 Å². The van der Waals surface area contributed by atoms with Crippen LogP contribution < -0.4 is 5.32 Å². The molecule has 0 heterocycles. The molecular formula is C17H24N2. The Labute approximate surface area is 116 Å². The van der Waals surface area contributed by atoms with E-state index in [1.165, 1.54) is 24.0 Å². The van der Waals surface area contributed by atoms with Crippen molar-refractivity contribution in [2.75, 3.05) is 13.1 Å². The first kappa shape index (κ1) is 14.0. The summed E-state index contributed by atoms with van der Waals surface area (Å²) < 4.78 is 0. The SMILES string of the molecule is C=CCN(CC=C)Cc1ccc(CNC2CC2)cc1. The number of hydrogen-bond acceptors (Lipinski definition) is 2. The number of rotatable bonds is 9. The van der Waals surface area contributed by atoms with Crippen molar-refractivity contribution in [2.45, 2.75) is 32.0 Å². The highest BCUT2D eigenvalue weighted by molar-refractivity contribution is 5.22. The van der Waals surface area contributed by atoms with Gasteiger partial charge in [-0.05, 0) is 24.0 Å². The molecule has 0 amide bonds. The summed E-state index contributed by atoms with van der Waals surface area (Å²) in [5, 5.41) is 3.54. The Balaban J connectivity index is 1.84. The van der Waals surface area contributed by atoms with E-state index < -0.39 is 0 Å². The predicted molar refractivity (Wildman–Crippen MR) is 82.0 cm³/mol. The van der Waals surface area contributed by atoms with E-state index in [0.29, 0.717) is 0 Å². The molecule has 1 aromatic carbocycles. The molecule has 0 aliphatic heterocycles. The molecule has 0 bridgehead atoms. The maximum Gasteiger partial charge on any atom is 0.0240 e. The summed E-state index contributed by atoms with van der Waals surface area (Å²) in [6.07, 6.45) is 6.57. The van der Waals surface area contributed by atoms with Crippen molar-refractivity contribution in [3.8, 4) is 0 Å². The van der Waals surface area contributed by atoms with Crippen molar-refractivity contribution < 1.29 is 0 Å². The van der Waals surface area contributed by atoms with Crippen LogP contribution in [0.5, 0.6) is 0 Å². The molecule has 1 aliphatic carbocycles. The van der Waals surface area contributed by atoms with Crippen LogP contribution in [0.15, 0.2) is 49.6 Å². The van der Waals surface area contributed by atoms with Crippen molar-refractivity contribution in [2.24, 2.45) is 0 Å². The molecule has 19 heavy (non-hydrogen) atoms. The highest BCUT2D eigenvalue weighted by atomic mass is 15.1.